The van der Waals surface area contributed by atoms with Crippen LogP contribution >= 0.6 is 0 Å². The molecule has 0 aromatic heterocycles. The van der Waals surface area contributed by atoms with Gasteiger partial charge in [0, 0.05) is 11.3 Å². The van der Waals surface area contributed by atoms with Crippen molar-refractivity contribution >= 4 is 29.6 Å². The highest BCUT2D eigenvalue weighted by Crippen LogP contribution is 2.32. The molecule has 0 atom stereocenters. The van der Waals surface area contributed by atoms with E-state index < -0.39 is 11.9 Å². The molecule has 1 aliphatic rings. The molecule has 0 aliphatic carbocycles. The maximum Gasteiger partial charge on any atom is 0.326 e. The Morgan fingerprint density at radius 1 is 1.07 bits per heavy atom. The summed E-state index contributed by atoms with van der Waals surface area (Å²) in [5.74, 6) is -0.223. The highest BCUT2D eigenvalue weighted by molar-refractivity contribution is 6.14. The number of hydrogen-bond acceptors (Lipinski definition) is 5. The molecule has 0 unspecified atom stereocenters. The van der Waals surface area contributed by atoms with E-state index in [0.29, 0.717) is 17.0 Å². The van der Waals surface area contributed by atoms with Crippen molar-refractivity contribution in [3.63, 3.8) is 0 Å². The van der Waals surface area contributed by atoms with Crippen LogP contribution < -0.4 is 25.4 Å². The third-order valence-electron chi connectivity index (χ3n) is 3.65. The lowest BCUT2D eigenvalue weighted by Gasteiger charge is -2.13. The van der Waals surface area contributed by atoms with E-state index in [-0.39, 0.29) is 24.0 Å². The van der Waals surface area contributed by atoms with Gasteiger partial charge >= 0.3 is 6.03 Å². The molecule has 27 heavy (non-hydrogen) atoms. The van der Waals surface area contributed by atoms with Crippen LogP contribution in [0.2, 0.25) is 0 Å². The molecule has 3 N–H and O–H groups in total. The highest BCUT2D eigenvalue weighted by Gasteiger charge is 2.24. The van der Waals surface area contributed by atoms with Gasteiger partial charge in [-0.3, -0.25) is 14.9 Å². The van der Waals surface area contributed by atoms with Crippen molar-refractivity contribution in [3.8, 4) is 11.5 Å². The van der Waals surface area contributed by atoms with Crippen LogP contribution in [0.3, 0.4) is 0 Å². The first kappa shape index (κ1) is 18.0. The molecule has 8 heteroatoms. The largest absolute Gasteiger partial charge is 0.493 e. The summed E-state index contributed by atoms with van der Waals surface area (Å²) in [5.41, 5.74) is 1.21. The second kappa shape index (κ2) is 8.05. The van der Waals surface area contributed by atoms with Crippen molar-refractivity contribution in [2.24, 2.45) is 0 Å². The molecule has 0 bridgehead atoms. The molecule has 8 nitrogen and oxygen atoms in total. The van der Waals surface area contributed by atoms with Gasteiger partial charge in [0.05, 0.1) is 7.11 Å². The summed E-state index contributed by atoms with van der Waals surface area (Å²) in [5, 5.41) is 7.23. The zero-order chi connectivity index (χ0) is 19.2. The maximum atomic E-state index is 12.1. The molecule has 0 spiro atoms. The Bertz CT molecular complexity index is 909. The van der Waals surface area contributed by atoms with Crippen molar-refractivity contribution in [2.75, 3.05) is 19.0 Å². The van der Waals surface area contributed by atoms with Crippen molar-refractivity contribution in [1.82, 2.24) is 10.6 Å². The highest BCUT2D eigenvalue weighted by atomic mass is 16.5. The third kappa shape index (κ3) is 4.43. The summed E-state index contributed by atoms with van der Waals surface area (Å²) in [4.78, 5) is 35.1. The predicted octanol–water partition coefficient (Wildman–Crippen LogP) is 1.89. The number of urea groups is 1. The second-order valence-electron chi connectivity index (χ2n) is 5.55. The molecule has 0 radical (unpaired) electrons. The average molecular weight is 367 g/mol. The van der Waals surface area contributed by atoms with E-state index in [9.17, 15) is 14.4 Å². The monoisotopic (exact) mass is 367 g/mol. The molecule has 1 fully saturated rings. The van der Waals surface area contributed by atoms with Crippen LogP contribution in [0, 0.1) is 0 Å². The lowest BCUT2D eigenvalue weighted by atomic mass is 10.1. The fraction of sp³-hybridized carbons (Fsp3) is 0.105. The number of amides is 4. The first-order valence-electron chi connectivity index (χ1n) is 8.05. The lowest BCUT2D eigenvalue weighted by Crippen LogP contribution is -2.22. The molecule has 1 heterocycles. The number of methoxy groups -OCH3 is 1. The molecule has 1 saturated heterocycles. The number of carbonyl (C=O) groups excluding carboxylic acids is 3. The number of carbonyl (C=O) groups is 3. The molecule has 2 aromatic carbocycles. The summed E-state index contributed by atoms with van der Waals surface area (Å²) in [6.07, 6.45) is 1.45. The first-order valence-corrected chi connectivity index (χ1v) is 8.05. The molecule has 138 valence electrons. The number of benzene rings is 2. The number of nitrogens with one attached hydrogen (secondary N) is 3. The lowest BCUT2D eigenvalue weighted by molar-refractivity contribution is -0.118. The van der Waals surface area contributed by atoms with Gasteiger partial charge in [0.25, 0.3) is 11.8 Å². The minimum atomic E-state index is -0.598. The Labute approximate surface area is 155 Å². The number of hydrogen-bond donors (Lipinski definition) is 3. The van der Waals surface area contributed by atoms with E-state index in [4.69, 9.17) is 9.47 Å². The molecule has 0 saturated carbocycles. The van der Waals surface area contributed by atoms with Gasteiger partial charge in [-0.1, -0.05) is 30.3 Å². The number of imide groups is 1. The maximum absolute atomic E-state index is 12.1. The van der Waals surface area contributed by atoms with E-state index in [2.05, 4.69) is 16.0 Å². The van der Waals surface area contributed by atoms with Gasteiger partial charge in [-0.2, -0.15) is 0 Å². The zero-order valence-corrected chi connectivity index (χ0v) is 14.4. The normalized spacial score (nSPS) is 14.5. The van der Waals surface area contributed by atoms with Crippen molar-refractivity contribution < 1.29 is 23.9 Å². The van der Waals surface area contributed by atoms with Gasteiger partial charge < -0.3 is 20.1 Å². The summed E-state index contributed by atoms with van der Waals surface area (Å²) in [6.45, 7) is -0.260. The number of rotatable bonds is 6. The fourth-order valence-corrected chi connectivity index (χ4v) is 2.46. The zero-order valence-electron chi connectivity index (χ0n) is 14.4. The Morgan fingerprint density at radius 3 is 2.52 bits per heavy atom. The van der Waals surface area contributed by atoms with Crippen LogP contribution in [0.1, 0.15) is 5.56 Å². The summed E-state index contributed by atoms with van der Waals surface area (Å²) in [6, 6.07) is 13.4. The van der Waals surface area contributed by atoms with E-state index in [1.165, 1.54) is 13.2 Å². The van der Waals surface area contributed by atoms with Crippen LogP contribution in [0.4, 0.5) is 10.5 Å². The van der Waals surface area contributed by atoms with Gasteiger partial charge in [-0.25, -0.2) is 4.79 Å². The van der Waals surface area contributed by atoms with Crippen LogP contribution in [-0.4, -0.2) is 31.6 Å². The quantitative estimate of drug-likeness (QED) is 0.534. The molecular formula is C19H17N3O5. The van der Waals surface area contributed by atoms with Gasteiger partial charge in [-0.15, -0.1) is 0 Å². The first-order chi connectivity index (χ1) is 13.1. The van der Waals surface area contributed by atoms with Gasteiger partial charge in [-0.05, 0) is 24.3 Å². The van der Waals surface area contributed by atoms with Gasteiger partial charge in [0.2, 0.25) is 0 Å². The minimum absolute atomic E-state index is 0.0758. The van der Waals surface area contributed by atoms with Crippen molar-refractivity contribution in [3.05, 3.63) is 59.8 Å². The number of para-hydroxylation sites is 2. The Balaban J connectivity index is 1.78. The SMILES string of the molecule is COc1cccc(/C=C2/NC(=O)NC2=O)c1OCC(=O)Nc1ccccc1. The van der Waals surface area contributed by atoms with Crippen LogP contribution in [0.15, 0.2) is 54.2 Å². The standard InChI is InChI=1S/C19H17N3O5/c1-26-15-9-5-6-12(10-14-18(24)22-19(25)21-14)17(15)27-11-16(23)20-13-7-3-2-4-8-13/h2-10H,11H2,1H3,(H,20,23)(H2,21,22,24,25)/b14-10+. The Kier molecular flexibility index (Phi) is 5.36. The van der Waals surface area contributed by atoms with Crippen molar-refractivity contribution in [2.45, 2.75) is 0 Å². The Hall–Kier alpha value is -3.81. The van der Waals surface area contributed by atoms with E-state index in [1.807, 2.05) is 18.2 Å². The number of anilines is 1. The Morgan fingerprint density at radius 2 is 1.85 bits per heavy atom. The minimum Gasteiger partial charge on any atom is -0.493 e. The van der Waals surface area contributed by atoms with Crippen LogP contribution in [0.5, 0.6) is 11.5 Å². The molecule has 4 amide bonds. The summed E-state index contributed by atoms with van der Waals surface area (Å²) in [7, 11) is 1.47. The van der Waals surface area contributed by atoms with Gasteiger partial charge in [0.15, 0.2) is 18.1 Å². The molecular weight excluding hydrogens is 350 g/mol. The van der Waals surface area contributed by atoms with Crippen LogP contribution in [-0.2, 0) is 9.59 Å². The fourth-order valence-electron chi connectivity index (χ4n) is 2.46. The van der Waals surface area contributed by atoms with E-state index in [1.54, 1.807) is 30.3 Å². The summed E-state index contributed by atoms with van der Waals surface area (Å²) < 4.78 is 10.9. The van der Waals surface area contributed by atoms with E-state index >= 15 is 0 Å². The molecule has 3 rings (SSSR count). The van der Waals surface area contributed by atoms with Crippen molar-refractivity contribution in [1.29, 1.82) is 0 Å². The number of ether oxygens (including phenoxy) is 2. The van der Waals surface area contributed by atoms with Gasteiger partial charge in [0.1, 0.15) is 5.70 Å². The topological polar surface area (TPSA) is 106 Å². The van der Waals surface area contributed by atoms with Crippen LogP contribution in [0.25, 0.3) is 6.08 Å². The third-order valence-corrected chi connectivity index (χ3v) is 3.65. The predicted molar refractivity (Wildman–Crippen MR) is 98.2 cm³/mol. The van der Waals surface area contributed by atoms with E-state index in [0.717, 1.165) is 0 Å². The second-order valence-corrected chi connectivity index (χ2v) is 5.55. The smallest absolute Gasteiger partial charge is 0.326 e. The molecule has 2 aromatic rings. The molecule has 1 aliphatic heterocycles. The summed E-state index contributed by atoms with van der Waals surface area (Å²) >= 11 is 0. The average Bonchev–Trinajstić information content (AvgIpc) is 2.98.